The lowest BCUT2D eigenvalue weighted by Gasteiger charge is -2.06. The standard InChI is InChI=1S/C22H20N4/c23-16-20(22-25-24-21-9-5-2-6-14-26(21)22)15-17-10-12-19(13-11-17)18-7-3-1-4-8-18/h1,3-4,7-8,10-13,15H,2,5-6,9,14H2. The van der Waals surface area contributed by atoms with Crippen molar-refractivity contribution in [1.29, 1.82) is 5.26 Å². The summed E-state index contributed by atoms with van der Waals surface area (Å²) >= 11 is 0. The first-order valence-corrected chi connectivity index (χ1v) is 9.05. The molecule has 2 heterocycles. The number of rotatable bonds is 3. The molecule has 0 aliphatic carbocycles. The zero-order valence-corrected chi connectivity index (χ0v) is 14.6. The van der Waals surface area contributed by atoms with Gasteiger partial charge < -0.3 is 4.57 Å². The topological polar surface area (TPSA) is 54.5 Å². The van der Waals surface area contributed by atoms with E-state index in [1.807, 2.05) is 36.4 Å². The van der Waals surface area contributed by atoms with E-state index in [9.17, 15) is 5.26 Å². The van der Waals surface area contributed by atoms with Crippen molar-refractivity contribution in [3.8, 4) is 17.2 Å². The predicted octanol–water partition coefficient (Wildman–Crippen LogP) is 4.74. The second-order valence-electron chi connectivity index (χ2n) is 6.56. The first kappa shape index (κ1) is 16.3. The smallest absolute Gasteiger partial charge is 0.174 e. The molecule has 3 aromatic rings. The number of nitriles is 1. The molecule has 0 fully saturated rings. The minimum atomic E-state index is 0.568. The van der Waals surface area contributed by atoms with Gasteiger partial charge in [-0.15, -0.1) is 10.2 Å². The Morgan fingerprint density at radius 3 is 2.46 bits per heavy atom. The molecule has 0 N–H and O–H groups in total. The number of hydrogen-bond donors (Lipinski definition) is 0. The Morgan fingerprint density at radius 2 is 1.69 bits per heavy atom. The van der Waals surface area contributed by atoms with E-state index in [1.165, 1.54) is 12.0 Å². The molecule has 4 rings (SSSR count). The fourth-order valence-electron chi connectivity index (χ4n) is 3.40. The van der Waals surface area contributed by atoms with E-state index < -0.39 is 0 Å². The third-order valence-corrected chi connectivity index (χ3v) is 4.80. The molecule has 4 heteroatoms. The van der Waals surface area contributed by atoms with Gasteiger partial charge in [0.05, 0.1) is 5.57 Å². The van der Waals surface area contributed by atoms with E-state index in [0.717, 1.165) is 42.8 Å². The molecule has 1 aliphatic rings. The Hall–Kier alpha value is -3.19. The number of allylic oxidation sites excluding steroid dienone is 1. The van der Waals surface area contributed by atoms with Gasteiger partial charge in [0.1, 0.15) is 11.9 Å². The molecule has 26 heavy (non-hydrogen) atoms. The van der Waals surface area contributed by atoms with Gasteiger partial charge in [0.25, 0.3) is 0 Å². The molecule has 0 atom stereocenters. The third-order valence-electron chi connectivity index (χ3n) is 4.80. The summed E-state index contributed by atoms with van der Waals surface area (Å²) < 4.78 is 2.11. The number of aromatic nitrogens is 3. The fraction of sp³-hybridized carbons (Fsp3) is 0.227. The molecule has 1 aromatic heterocycles. The fourth-order valence-corrected chi connectivity index (χ4v) is 3.40. The third kappa shape index (κ3) is 3.29. The van der Waals surface area contributed by atoms with Crippen LogP contribution in [0.5, 0.6) is 0 Å². The number of hydrogen-bond acceptors (Lipinski definition) is 3. The highest BCUT2D eigenvalue weighted by molar-refractivity contribution is 5.87. The van der Waals surface area contributed by atoms with Gasteiger partial charge in [-0.25, -0.2) is 0 Å². The number of fused-ring (bicyclic) bond motifs is 1. The van der Waals surface area contributed by atoms with Crippen LogP contribution in [0.2, 0.25) is 0 Å². The SMILES string of the molecule is N#CC(=Cc1ccc(-c2ccccc2)cc1)c1nnc2n1CCCCC2. The lowest BCUT2D eigenvalue weighted by Crippen LogP contribution is -2.05. The molecule has 1 aliphatic heterocycles. The van der Waals surface area contributed by atoms with Crippen molar-refractivity contribution in [3.63, 3.8) is 0 Å². The van der Waals surface area contributed by atoms with Crippen LogP contribution in [0.4, 0.5) is 0 Å². The van der Waals surface area contributed by atoms with Crippen LogP contribution in [0.25, 0.3) is 22.8 Å². The summed E-state index contributed by atoms with van der Waals surface area (Å²) in [6.07, 6.45) is 6.30. The molecule has 0 amide bonds. The van der Waals surface area contributed by atoms with Gasteiger partial charge >= 0.3 is 0 Å². The van der Waals surface area contributed by atoms with Crippen LogP contribution in [0.1, 0.15) is 36.5 Å². The number of nitrogens with zero attached hydrogens (tertiary/aromatic N) is 4. The van der Waals surface area contributed by atoms with Crippen molar-refractivity contribution >= 4 is 11.6 Å². The van der Waals surface area contributed by atoms with Crippen LogP contribution in [0.15, 0.2) is 54.6 Å². The second kappa shape index (κ2) is 7.37. The normalized spacial score (nSPS) is 14.3. The van der Waals surface area contributed by atoms with E-state index in [1.54, 1.807) is 0 Å². The first-order valence-electron chi connectivity index (χ1n) is 9.05. The quantitative estimate of drug-likeness (QED) is 0.647. The van der Waals surface area contributed by atoms with Crippen molar-refractivity contribution in [2.24, 2.45) is 0 Å². The van der Waals surface area contributed by atoms with Crippen molar-refractivity contribution < 1.29 is 0 Å². The maximum absolute atomic E-state index is 9.66. The zero-order chi connectivity index (χ0) is 17.8. The number of aryl methyl sites for hydroxylation is 1. The minimum absolute atomic E-state index is 0.568. The van der Waals surface area contributed by atoms with Crippen LogP contribution in [0.3, 0.4) is 0 Å². The molecular formula is C22H20N4. The predicted molar refractivity (Wildman–Crippen MR) is 103 cm³/mol. The summed E-state index contributed by atoms with van der Waals surface area (Å²) in [4.78, 5) is 0. The summed E-state index contributed by atoms with van der Waals surface area (Å²) in [6, 6.07) is 20.8. The van der Waals surface area contributed by atoms with Crippen molar-refractivity contribution in [1.82, 2.24) is 14.8 Å². The summed E-state index contributed by atoms with van der Waals surface area (Å²) in [6.45, 7) is 0.892. The average molecular weight is 340 g/mol. The molecule has 2 aromatic carbocycles. The number of benzene rings is 2. The van der Waals surface area contributed by atoms with Crippen molar-refractivity contribution in [3.05, 3.63) is 71.8 Å². The Balaban J connectivity index is 1.64. The van der Waals surface area contributed by atoms with Crippen LogP contribution in [-0.4, -0.2) is 14.8 Å². The lowest BCUT2D eigenvalue weighted by molar-refractivity contribution is 0.627. The van der Waals surface area contributed by atoms with E-state index in [2.05, 4.69) is 45.1 Å². The van der Waals surface area contributed by atoms with E-state index in [0.29, 0.717) is 11.4 Å². The van der Waals surface area contributed by atoms with Crippen molar-refractivity contribution in [2.45, 2.75) is 32.2 Å². The second-order valence-corrected chi connectivity index (χ2v) is 6.56. The molecule has 128 valence electrons. The van der Waals surface area contributed by atoms with Crippen LogP contribution in [0, 0.1) is 11.3 Å². The summed E-state index contributed by atoms with van der Waals surface area (Å²) in [7, 11) is 0. The summed E-state index contributed by atoms with van der Waals surface area (Å²) in [5, 5.41) is 18.3. The van der Waals surface area contributed by atoms with Gasteiger partial charge in [0.15, 0.2) is 5.82 Å². The maximum atomic E-state index is 9.66. The van der Waals surface area contributed by atoms with Gasteiger partial charge in [-0.1, -0.05) is 61.0 Å². The summed E-state index contributed by atoms with van der Waals surface area (Å²) in [5.41, 5.74) is 3.91. The molecule has 0 unspecified atom stereocenters. The van der Waals surface area contributed by atoms with E-state index in [4.69, 9.17) is 0 Å². The highest BCUT2D eigenvalue weighted by Gasteiger charge is 2.17. The molecule has 0 saturated heterocycles. The molecular weight excluding hydrogens is 320 g/mol. The first-order chi connectivity index (χ1) is 12.8. The zero-order valence-electron chi connectivity index (χ0n) is 14.6. The Bertz CT molecular complexity index is 960. The lowest BCUT2D eigenvalue weighted by atomic mass is 10.0. The van der Waals surface area contributed by atoms with Gasteiger partial charge in [-0.3, -0.25) is 0 Å². The molecule has 0 radical (unpaired) electrons. The van der Waals surface area contributed by atoms with Crippen LogP contribution in [-0.2, 0) is 13.0 Å². The van der Waals surface area contributed by atoms with Crippen LogP contribution >= 0.6 is 0 Å². The molecule has 0 spiro atoms. The van der Waals surface area contributed by atoms with Gasteiger partial charge in [-0.05, 0) is 35.6 Å². The van der Waals surface area contributed by atoms with Gasteiger partial charge in [0.2, 0.25) is 0 Å². The van der Waals surface area contributed by atoms with Gasteiger partial charge in [-0.2, -0.15) is 5.26 Å². The van der Waals surface area contributed by atoms with Gasteiger partial charge in [0, 0.05) is 13.0 Å². The van der Waals surface area contributed by atoms with E-state index in [-0.39, 0.29) is 0 Å². The summed E-state index contributed by atoms with van der Waals surface area (Å²) in [5.74, 6) is 1.69. The molecule has 0 saturated carbocycles. The Labute approximate surface area is 153 Å². The van der Waals surface area contributed by atoms with Crippen molar-refractivity contribution in [2.75, 3.05) is 0 Å². The minimum Gasteiger partial charge on any atom is -0.310 e. The van der Waals surface area contributed by atoms with E-state index >= 15 is 0 Å². The largest absolute Gasteiger partial charge is 0.310 e. The maximum Gasteiger partial charge on any atom is 0.174 e. The Kier molecular flexibility index (Phi) is 4.61. The molecule has 0 bridgehead atoms. The monoisotopic (exact) mass is 340 g/mol. The molecule has 4 nitrogen and oxygen atoms in total. The highest BCUT2D eigenvalue weighted by atomic mass is 15.3. The Morgan fingerprint density at radius 1 is 0.923 bits per heavy atom. The van der Waals surface area contributed by atoms with Crippen LogP contribution < -0.4 is 0 Å². The highest BCUT2D eigenvalue weighted by Crippen LogP contribution is 2.23. The average Bonchev–Trinajstić information content (AvgIpc) is 2.95.